The van der Waals surface area contributed by atoms with Crippen molar-refractivity contribution in [2.45, 2.75) is 0 Å². The van der Waals surface area contributed by atoms with E-state index in [1.807, 2.05) is 0 Å². The summed E-state index contributed by atoms with van der Waals surface area (Å²) < 4.78 is 4.81. The van der Waals surface area contributed by atoms with Crippen LogP contribution in [0.15, 0.2) is 24.8 Å². The minimum absolute atomic E-state index is 0.0956. The molecule has 0 fully saturated rings. The Balaban J connectivity index is 3.00. The summed E-state index contributed by atoms with van der Waals surface area (Å²) in [7, 11) is 0. The summed E-state index contributed by atoms with van der Waals surface area (Å²) in [5.74, 6) is -0.557. The van der Waals surface area contributed by atoms with E-state index in [9.17, 15) is 4.79 Å². The van der Waals surface area contributed by atoms with Gasteiger partial charge < -0.3 is 4.74 Å². The van der Waals surface area contributed by atoms with Crippen molar-refractivity contribution < 1.29 is 9.53 Å². The second-order valence-electron chi connectivity index (χ2n) is 2.61. The highest BCUT2D eigenvalue weighted by Crippen LogP contribution is 2.32. The molecule has 15 heavy (non-hydrogen) atoms. The zero-order valence-corrected chi connectivity index (χ0v) is 9.86. The summed E-state index contributed by atoms with van der Waals surface area (Å²) in [4.78, 5) is 11.4. The fraction of sp³-hybridized carbons (Fsp3) is 0.100. The van der Waals surface area contributed by atoms with E-state index in [2.05, 4.69) is 6.58 Å². The molecule has 0 amide bonds. The lowest BCUT2D eigenvalue weighted by Gasteiger charge is -2.06. The van der Waals surface area contributed by atoms with Crippen LogP contribution in [-0.2, 0) is 4.74 Å². The molecule has 0 radical (unpaired) electrons. The number of rotatable bonds is 3. The molecule has 1 aromatic rings. The van der Waals surface area contributed by atoms with Gasteiger partial charge in [0.25, 0.3) is 0 Å². The average Bonchev–Trinajstić information content (AvgIpc) is 2.23. The van der Waals surface area contributed by atoms with Gasteiger partial charge in [0.2, 0.25) is 0 Å². The SMILES string of the molecule is C=CCOC(=O)c1ccc(Cl)c(Cl)c1Cl. The van der Waals surface area contributed by atoms with E-state index in [-0.39, 0.29) is 22.2 Å². The Kier molecular flexibility index (Phi) is 4.45. The fourth-order valence-corrected chi connectivity index (χ4v) is 1.51. The molecule has 0 saturated carbocycles. The molecule has 5 heteroatoms. The summed E-state index contributed by atoms with van der Waals surface area (Å²) in [5.41, 5.74) is 0.188. The number of benzene rings is 1. The second kappa shape index (κ2) is 5.40. The van der Waals surface area contributed by atoms with Crippen LogP contribution in [0.25, 0.3) is 0 Å². The van der Waals surface area contributed by atoms with Gasteiger partial charge in [-0.3, -0.25) is 0 Å². The first-order chi connectivity index (χ1) is 7.07. The van der Waals surface area contributed by atoms with E-state index in [4.69, 9.17) is 39.5 Å². The standard InChI is InChI=1S/C10H7Cl3O2/c1-2-5-15-10(14)6-3-4-7(11)9(13)8(6)12/h2-4H,1,5H2. The molecule has 0 aromatic heterocycles. The number of halogens is 3. The second-order valence-corrected chi connectivity index (χ2v) is 3.77. The molecule has 1 rings (SSSR count). The molecule has 0 heterocycles. The summed E-state index contributed by atoms with van der Waals surface area (Å²) in [6.45, 7) is 3.54. The first kappa shape index (κ1) is 12.4. The zero-order valence-electron chi connectivity index (χ0n) is 7.60. The predicted molar refractivity (Wildman–Crippen MR) is 62.0 cm³/mol. The maximum absolute atomic E-state index is 11.4. The van der Waals surface area contributed by atoms with E-state index in [0.717, 1.165) is 0 Å². The van der Waals surface area contributed by atoms with E-state index < -0.39 is 5.97 Å². The van der Waals surface area contributed by atoms with Gasteiger partial charge in [-0.1, -0.05) is 47.5 Å². The smallest absolute Gasteiger partial charge is 0.340 e. The molecule has 0 aliphatic carbocycles. The van der Waals surface area contributed by atoms with E-state index in [0.29, 0.717) is 5.02 Å². The normalized spacial score (nSPS) is 9.80. The van der Waals surface area contributed by atoms with Crippen LogP contribution in [0.1, 0.15) is 10.4 Å². The molecule has 0 aliphatic rings. The van der Waals surface area contributed by atoms with Crippen LogP contribution in [-0.4, -0.2) is 12.6 Å². The van der Waals surface area contributed by atoms with E-state index in [1.54, 1.807) is 0 Å². The third-order valence-corrected chi connectivity index (χ3v) is 2.88. The van der Waals surface area contributed by atoms with Gasteiger partial charge in [0.05, 0.1) is 20.6 Å². The number of carbonyl (C=O) groups is 1. The zero-order chi connectivity index (χ0) is 11.4. The topological polar surface area (TPSA) is 26.3 Å². The average molecular weight is 266 g/mol. The van der Waals surface area contributed by atoms with Gasteiger partial charge in [0.1, 0.15) is 6.61 Å². The van der Waals surface area contributed by atoms with Crippen molar-refractivity contribution in [3.63, 3.8) is 0 Å². The third kappa shape index (κ3) is 2.88. The quantitative estimate of drug-likeness (QED) is 0.469. The lowest BCUT2D eigenvalue weighted by atomic mass is 10.2. The van der Waals surface area contributed by atoms with Crippen molar-refractivity contribution in [1.29, 1.82) is 0 Å². The van der Waals surface area contributed by atoms with Gasteiger partial charge in [0, 0.05) is 0 Å². The largest absolute Gasteiger partial charge is 0.458 e. The molecular weight excluding hydrogens is 258 g/mol. The Morgan fingerprint density at radius 2 is 2.00 bits per heavy atom. The highest BCUT2D eigenvalue weighted by atomic mass is 35.5. The molecule has 0 spiro atoms. The summed E-state index contributed by atoms with van der Waals surface area (Å²) >= 11 is 17.3. The van der Waals surface area contributed by atoms with Crippen LogP contribution in [0.4, 0.5) is 0 Å². The first-order valence-electron chi connectivity index (χ1n) is 3.99. The summed E-state index contributed by atoms with van der Waals surface area (Å²) in [6.07, 6.45) is 1.46. The lowest BCUT2D eigenvalue weighted by Crippen LogP contribution is -2.05. The monoisotopic (exact) mass is 264 g/mol. The van der Waals surface area contributed by atoms with Crippen molar-refractivity contribution in [2.24, 2.45) is 0 Å². The Labute approximate surface area is 102 Å². The summed E-state index contributed by atoms with van der Waals surface area (Å²) in [6, 6.07) is 2.95. The molecule has 1 aromatic carbocycles. The minimum Gasteiger partial charge on any atom is -0.458 e. The number of esters is 1. The molecular formula is C10H7Cl3O2. The maximum Gasteiger partial charge on any atom is 0.340 e. The Bertz CT molecular complexity index is 402. The molecule has 80 valence electrons. The maximum atomic E-state index is 11.4. The summed E-state index contributed by atoms with van der Waals surface area (Å²) in [5, 5.41) is 0.534. The van der Waals surface area contributed by atoms with Gasteiger partial charge in [-0.15, -0.1) is 0 Å². The van der Waals surface area contributed by atoms with Crippen LogP contribution >= 0.6 is 34.8 Å². The third-order valence-electron chi connectivity index (χ3n) is 1.59. The highest BCUT2D eigenvalue weighted by molar-refractivity contribution is 6.49. The van der Waals surface area contributed by atoms with Crippen LogP contribution < -0.4 is 0 Å². The molecule has 0 unspecified atom stereocenters. The van der Waals surface area contributed by atoms with Crippen LogP contribution in [0.5, 0.6) is 0 Å². The first-order valence-corrected chi connectivity index (χ1v) is 5.12. The number of hydrogen-bond donors (Lipinski definition) is 0. The van der Waals surface area contributed by atoms with Gasteiger partial charge in [-0.25, -0.2) is 4.79 Å². The van der Waals surface area contributed by atoms with Gasteiger partial charge in [0.15, 0.2) is 0 Å². The molecule has 0 atom stereocenters. The van der Waals surface area contributed by atoms with Crippen LogP contribution in [0, 0.1) is 0 Å². The predicted octanol–water partition coefficient (Wildman–Crippen LogP) is 3.99. The number of hydrogen-bond acceptors (Lipinski definition) is 2. The molecule has 0 bridgehead atoms. The Morgan fingerprint density at radius 3 is 2.60 bits per heavy atom. The van der Waals surface area contributed by atoms with Crippen LogP contribution in [0.3, 0.4) is 0 Å². The van der Waals surface area contributed by atoms with Crippen molar-refractivity contribution >= 4 is 40.8 Å². The van der Waals surface area contributed by atoms with Gasteiger partial charge in [-0.2, -0.15) is 0 Å². The lowest BCUT2D eigenvalue weighted by molar-refractivity contribution is 0.0550. The van der Waals surface area contributed by atoms with Crippen molar-refractivity contribution in [3.05, 3.63) is 45.4 Å². The van der Waals surface area contributed by atoms with Gasteiger partial charge in [-0.05, 0) is 12.1 Å². The molecule has 2 nitrogen and oxygen atoms in total. The molecule has 0 aliphatic heterocycles. The van der Waals surface area contributed by atoms with Crippen LogP contribution in [0.2, 0.25) is 15.1 Å². The molecule has 0 N–H and O–H groups in total. The Morgan fingerprint density at radius 1 is 1.33 bits per heavy atom. The highest BCUT2D eigenvalue weighted by Gasteiger charge is 2.15. The van der Waals surface area contributed by atoms with Crippen molar-refractivity contribution in [3.8, 4) is 0 Å². The van der Waals surface area contributed by atoms with E-state index in [1.165, 1.54) is 18.2 Å². The number of ether oxygens (including phenoxy) is 1. The van der Waals surface area contributed by atoms with Gasteiger partial charge >= 0.3 is 5.97 Å². The van der Waals surface area contributed by atoms with E-state index >= 15 is 0 Å². The van der Waals surface area contributed by atoms with Crippen molar-refractivity contribution in [2.75, 3.05) is 6.61 Å². The van der Waals surface area contributed by atoms with Crippen molar-refractivity contribution in [1.82, 2.24) is 0 Å². The fourth-order valence-electron chi connectivity index (χ4n) is 0.896. The number of carbonyl (C=O) groups excluding carboxylic acids is 1. The Hall–Kier alpha value is -0.700. The minimum atomic E-state index is -0.557. The molecule has 0 saturated heterocycles.